The van der Waals surface area contributed by atoms with Gasteiger partial charge in [0.1, 0.15) is 11.6 Å². The standard InChI is InChI=1S/C12H12ClFN2OS/c1-7-12(18-6-16-7)2-3-17-11-4-8(13)9(14)5-10(11)15/h4-6H,2-3,15H2,1H3. The molecule has 2 N–H and O–H groups in total. The molecule has 0 bridgehead atoms. The Bertz CT molecular complexity index is 559. The SMILES string of the molecule is Cc1ncsc1CCOc1cc(Cl)c(F)cc1N. The Balaban J connectivity index is 1.99. The van der Waals surface area contributed by atoms with Crippen LogP contribution >= 0.6 is 22.9 Å². The Morgan fingerprint density at radius 1 is 1.50 bits per heavy atom. The van der Waals surface area contributed by atoms with E-state index >= 15 is 0 Å². The molecular weight excluding hydrogens is 275 g/mol. The first-order valence-corrected chi connectivity index (χ1v) is 6.60. The maximum atomic E-state index is 13.1. The Morgan fingerprint density at radius 2 is 2.28 bits per heavy atom. The van der Waals surface area contributed by atoms with Gasteiger partial charge in [-0.15, -0.1) is 11.3 Å². The monoisotopic (exact) mass is 286 g/mol. The van der Waals surface area contributed by atoms with Crippen molar-refractivity contribution in [3.63, 3.8) is 0 Å². The van der Waals surface area contributed by atoms with Gasteiger partial charge < -0.3 is 10.5 Å². The number of nitrogens with two attached hydrogens (primary N) is 1. The molecule has 1 aromatic heterocycles. The van der Waals surface area contributed by atoms with Crippen LogP contribution in [0.4, 0.5) is 10.1 Å². The molecule has 2 rings (SSSR count). The maximum absolute atomic E-state index is 13.1. The second-order valence-electron chi connectivity index (χ2n) is 3.76. The highest BCUT2D eigenvalue weighted by Gasteiger charge is 2.08. The molecule has 0 atom stereocenters. The van der Waals surface area contributed by atoms with E-state index in [9.17, 15) is 4.39 Å². The van der Waals surface area contributed by atoms with Gasteiger partial charge in [0.2, 0.25) is 0 Å². The molecule has 6 heteroatoms. The number of aryl methyl sites for hydroxylation is 1. The van der Waals surface area contributed by atoms with E-state index in [1.54, 1.807) is 16.8 Å². The molecule has 0 aliphatic carbocycles. The molecule has 0 saturated carbocycles. The third kappa shape index (κ3) is 2.91. The van der Waals surface area contributed by atoms with Crippen LogP contribution in [0.2, 0.25) is 5.02 Å². The third-order valence-electron chi connectivity index (χ3n) is 2.48. The first-order valence-electron chi connectivity index (χ1n) is 5.34. The largest absolute Gasteiger partial charge is 0.491 e. The molecule has 0 amide bonds. The summed E-state index contributed by atoms with van der Waals surface area (Å²) >= 11 is 7.26. The first-order chi connectivity index (χ1) is 8.58. The predicted molar refractivity (Wildman–Crippen MR) is 71.9 cm³/mol. The number of anilines is 1. The average molecular weight is 287 g/mol. The Morgan fingerprint density at radius 3 is 2.94 bits per heavy atom. The van der Waals surface area contributed by atoms with Crippen LogP contribution < -0.4 is 10.5 Å². The molecule has 0 radical (unpaired) electrons. The molecule has 3 nitrogen and oxygen atoms in total. The van der Waals surface area contributed by atoms with Crippen LogP contribution in [-0.4, -0.2) is 11.6 Å². The number of hydrogen-bond donors (Lipinski definition) is 1. The number of halogens is 2. The Hall–Kier alpha value is -1.33. The van der Waals surface area contributed by atoms with E-state index in [0.717, 1.165) is 18.2 Å². The predicted octanol–water partition coefficient (Wildman–Crippen LogP) is 3.45. The van der Waals surface area contributed by atoms with E-state index in [4.69, 9.17) is 22.1 Å². The summed E-state index contributed by atoms with van der Waals surface area (Å²) in [5.41, 5.74) is 8.70. The summed E-state index contributed by atoms with van der Waals surface area (Å²) in [7, 11) is 0. The molecular formula is C12H12ClFN2OS. The third-order valence-corrected chi connectivity index (χ3v) is 3.77. The maximum Gasteiger partial charge on any atom is 0.144 e. The fourth-order valence-corrected chi connectivity index (χ4v) is 2.40. The highest BCUT2D eigenvalue weighted by atomic mass is 35.5. The fraction of sp³-hybridized carbons (Fsp3) is 0.250. The first kappa shape index (κ1) is 13.1. The normalized spacial score (nSPS) is 10.6. The number of benzene rings is 1. The number of aromatic nitrogens is 1. The molecule has 18 heavy (non-hydrogen) atoms. The summed E-state index contributed by atoms with van der Waals surface area (Å²) in [6, 6.07) is 2.56. The van der Waals surface area contributed by atoms with Gasteiger partial charge in [-0.2, -0.15) is 0 Å². The minimum absolute atomic E-state index is 0.00757. The molecule has 0 spiro atoms. The van der Waals surface area contributed by atoms with Gasteiger partial charge in [-0.1, -0.05) is 11.6 Å². The fourth-order valence-electron chi connectivity index (χ4n) is 1.49. The number of nitrogen functional groups attached to an aromatic ring is 1. The molecule has 1 aromatic carbocycles. The van der Waals surface area contributed by atoms with Gasteiger partial charge in [-0.25, -0.2) is 9.37 Å². The van der Waals surface area contributed by atoms with Gasteiger partial charge in [-0.3, -0.25) is 0 Å². The average Bonchev–Trinajstić information content (AvgIpc) is 2.72. The van der Waals surface area contributed by atoms with Crippen molar-refractivity contribution in [2.24, 2.45) is 0 Å². The van der Waals surface area contributed by atoms with Crippen LogP contribution in [0.15, 0.2) is 17.6 Å². The lowest BCUT2D eigenvalue weighted by Crippen LogP contribution is -2.03. The van der Waals surface area contributed by atoms with E-state index in [-0.39, 0.29) is 10.7 Å². The smallest absolute Gasteiger partial charge is 0.144 e. The zero-order valence-corrected chi connectivity index (χ0v) is 11.3. The van der Waals surface area contributed by atoms with Gasteiger partial charge in [0.25, 0.3) is 0 Å². The summed E-state index contributed by atoms with van der Waals surface area (Å²) in [6.07, 6.45) is 0.741. The second-order valence-corrected chi connectivity index (χ2v) is 5.11. The summed E-state index contributed by atoms with van der Waals surface area (Å²) in [4.78, 5) is 5.32. The van der Waals surface area contributed by atoms with Crippen LogP contribution in [-0.2, 0) is 6.42 Å². The van der Waals surface area contributed by atoms with Gasteiger partial charge in [0, 0.05) is 23.4 Å². The highest BCUT2D eigenvalue weighted by Crippen LogP contribution is 2.28. The quantitative estimate of drug-likeness (QED) is 0.876. The summed E-state index contributed by atoms with van der Waals surface area (Å²) in [5, 5.41) is 0.00757. The molecule has 1 heterocycles. The van der Waals surface area contributed by atoms with Crippen LogP contribution in [0.25, 0.3) is 0 Å². The molecule has 96 valence electrons. The van der Waals surface area contributed by atoms with Gasteiger partial charge in [0.15, 0.2) is 0 Å². The lowest BCUT2D eigenvalue weighted by Gasteiger charge is -2.09. The van der Waals surface area contributed by atoms with Crippen molar-refractivity contribution in [3.8, 4) is 5.75 Å². The van der Waals surface area contributed by atoms with Gasteiger partial charge >= 0.3 is 0 Å². The molecule has 0 saturated heterocycles. The molecule has 0 unspecified atom stereocenters. The Kier molecular flexibility index (Phi) is 4.04. The van der Waals surface area contributed by atoms with E-state index in [1.807, 2.05) is 6.92 Å². The lowest BCUT2D eigenvalue weighted by atomic mass is 10.3. The van der Waals surface area contributed by atoms with Gasteiger partial charge in [-0.05, 0) is 6.92 Å². The van der Waals surface area contributed by atoms with Crippen molar-refractivity contribution in [2.75, 3.05) is 12.3 Å². The summed E-state index contributed by atoms with van der Waals surface area (Å²) in [6.45, 7) is 2.41. The van der Waals surface area contributed by atoms with Crippen molar-refractivity contribution in [3.05, 3.63) is 39.1 Å². The van der Waals surface area contributed by atoms with Crippen molar-refractivity contribution in [1.29, 1.82) is 0 Å². The summed E-state index contributed by atoms with van der Waals surface area (Å²) < 4.78 is 18.6. The zero-order chi connectivity index (χ0) is 13.1. The second kappa shape index (κ2) is 5.54. The minimum Gasteiger partial charge on any atom is -0.491 e. The molecule has 0 fully saturated rings. The van der Waals surface area contributed by atoms with Crippen molar-refractivity contribution in [2.45, 2.75) is 13.3 Å². The number of hydrogen-bond acceptors (Lipinski definition) is 4. The van der Waals surface area contributed by atoms with Gasteiger partial charge in [0.05, 0.1) is 28.5 Å². The topological polar surface area (TPSA) is 48.1 Å². The summed E-state index contributed by atoms with van der Waals surface area (Å²) in [5.74, 6) is -0.136. The minimum atomic E-state index is -0.542. The number of thiazole rings is 1. The number of nitrogens with zero attached hydrogens (tertiary/aromatic N) is 1. The van der Waals surface area contributed by atoms with Crippen LogP contribution in [0, 0.1) is 12.7 Å². The number of rotatable bonds is 4. The van der Waals surface area contributed by atoms with E-state index in [0.29, 0.717) is 12.4 Å². The molecule has 2 aromatic rings. The highest BCUT2D eigenvalue weighted by molar-refractivity contribution is 7.09. The van der Waals surface area contributed by atoms with Crippen molar-refractivity contribution >= 4 is 28.6 Å². The van der Waals surface area contributed by atoms with E-state index in [1.165, 1.54) is 10.9 Å². The van der Waals surface area contributed by atoms with Crippen molar-refractivity contribution in [1.82, 2.24) is 4.98 Å². The molecule has 0 aliphatic heterocycles. The van der Waals surface area contributed by atoms with Crippen molar-refractivity contribution < 1.29 is 9.13 Å². The van der Waals surface area contributed by atoms with E-state index < -0.39 is 5.82 Å². The Labute approximate surface area is 113 Å². The molecule has 0 aliphatic rings. The lowest BCUT2D eigenvalue weighted by molar-refractivity contribution is 0.324. The van der Waals surface area contributed by atoms with Crippen LogP contribution in [0.1, 0.15) is 10.6 Å². The zero-order valence-electron chi connectivity index (χ0n) is 9.74. The van der Waals surface area contributed by atoms with Crippen LogP contribution in [0.3, 0.4) is 0 Å². The van der Waals surface area contributed by atoms with Crippen LogP contribution in [0.5, 0.6) is 5.75 Å². The number of ether oxygens (including phenoxy) is 1. The van der Waals surface area contributed by atoms with E-state index in [2.05, 4.69) is 4.98 Å².